The molecule has 0 radical (unpaired) electrons. The normalized spacial score (nSPS) is 23.6. The Hall–Kier alpha value is -3.01. The summed E-state index contributed by atoms with van der Waals surface area (Å²) in [5.41, 5.74) is 8.45. The molecule has 0 aromatic heterocycles. The molecule has 5 aliphatic carbocycles. The predicted molar refractivity (Wildman–Crippen MR) is 123 cm³/mol. The average Bonchev–Trinajstić information content (AvgIpc) is 3.13. The summed E-state index contributed by atoms with van der Waals surface area (Å²) in [4.78, 5) is 35.2. The Kier molecular flexibility index (Phi) is 5.77. The molecule has 0 aromatic rings. The standard InChI is InChI=1S/C28H28O4/c29-24-15-16-25(30)23(24)17-32-26(31)8-3-1-2-5-18-9-10-21-12-11-19-6-4-7-20-13-14-22(18)28(21)27(19)20/h4,7,9-14,23,28H,1-3,5-6,8,15-17H2. The Labute approximate surface area is 188 Å². The van der Waals surface area contributed by atoms with E-state index >= 15 is 0 Å². The zero-order valence-electron chi connectivity index (χ0n) is 18.3. The number of allylic oxidation sites excluding steroid dienone is 14. The molecule has 5 rings (SSSR count). The summed E-state index contributed by atoms with van der Waals surface area (Å²) in [6.45, 7) is -0.0788. The Morgan fingerprint density at radius 3 is 2.62 bits per heavy atom. The minimum Gasteiger partial charge on any atom is -0.464 e. The van der Waals surface area contributed by atoms with Gasteiger partial charge in [-0.3, -0.25) is 14.4 Å². The fourth-order valence-electron chi connectivity index (χ4n) is 5.36. The minimum atomic E-state index is -0.724. The molecule has 4 heteroatoms. The van der Waals surface area contributed by atoms with Crippen LogP contribution in [-0.2, 0) is 19.1 Å². The molecule has 0 aliphatic heterocycles. The van der Waals surface area contributed by atoms with Gasteiger partial charge in [0.15, 0.2) is 0 Å². The number of esters is 1. The molecule has 1 unspecified atom stereocenters. The van der Waals surface area contributed by atoms with Crippen LogP contribution in [0.2, 0.25) is 0 Å². The summed E-state index contributed by atoms with van der Waals surface area (Å²) in [7, 11) is 0. The van der Waals surface area contributed by atoms with E-state index < -0.39 is 5.92 Å². The van der Waals surface area contributed by atoms with Crippen LogP contribution in [-0.4, -0.2) is 24.1 Å². The van der Waals surface area contributed by atoms with E-state index in [-0.39, 0.29) is 37.0 Å². The van der Waals surface area contributed by atoms with Crippen LogP contribution in [0.25, 0.3) is 0 Å². The van der Waals surface area contributed by atoms with Crippen molar-refractivity contribution in [3.05, 3.63) is 82.0 Å². The number of ketones is 2. The van der Waals surface area contributed by atoms with Gasteiger partial charge in [-0.25, -0.2) is 0 Å². The van der Waals surface area contributed by atoms with Gasteiger partial charge < -0.3 is 4.74 Å². The summed E-state index contributed by atoms with van der Waals surface area (Å²) >= 11 is 0. The summed E-state index contributed by atoms with van der Waals surface area (Å²) in [5.74, 6) is -0.858. The monoisotopic (exact) mass is 428 g/mol. The lowest BCUT2D eigenvalue weighted by molar-refractivity contribution is -0.146. The number of ether oxygens (including phenoxy) is 1. The number of carbonyl (C=O) groups excluding carboxylic acids is 3. The lowest BCUT2D eigenvalue weighted by atomic mass is 9.67. The number of rotatable bonds is 8. The largest absolute Gasteiger partial charge is 0.464 e. The van der Waals surface area contributed by atoms with Gasteiger partial charge >= 0.3 is 5.97 Å². The van der Waals surface area contributed by atoms with E-state index in [0.717, 1.165) is 32.1 Å². The number of unbranched alkanes of at least 4 members (excludes halogenated alkanes) is 2. The van der Waals surface area contributed by atoms with Crippen LogP contribution in [0.1, 0.15) is 51.4 Å². The summed E-state index contributed by atoms with van der Waals surface area (Å²) in [6, 6.07) is 0. The van der Waals surface area contributed by atoms with Gasteiger partial charge in [0, 0.05) is 25.2 Å². The fourth-order valence-corrected chi connectivity index (χ4v) is 5.36. The molecule has 0 heterocycles. The smallest absolute Gasteiger partial charge is 0.305 e. The van der Waals surface area contributed by atoms with E-state index in [2.05, 4.69) is 48.6 Å². The van der Waals surface area contributed by atoms with Crippen molar-refractivity contribution in [2.45, 2.75) is 51.4 Å². The van der Waals surface area contributed by atoms with Crippen LogP contribution in [0.5, 0.6) is 0 Å². The predicted octanol–water partition coefficient (Wildman–Crippen LogP) is 5.20. The third-order valence-electron chi connectivity index (χ3n) is 7.13. The molecule has 0 saturated heterocycles. The Morgan fingerprint density at radius 2 is 1.78 bits per heavy atom. The first-order valence-electron chi connectivity index (χ1n) is 11.7. The zero-order chi connectivity index (χ0) is 22.1. The van der Waals surface area contributed by atoms with E-state index in [1.54, 1.807) is 0 Å². The van der Waals surface area contributed by atoms with Crippen molar-refractivity contribution in [2.24, 2.45) is 11.8 Å². The third kappa shape index (κ3) is 3.94. The van der Waals surface area contributed by atoms with Crippen LogP contribution in [0.3, 0.4) is 0 Å². The average molecular weight is 429 g/mol. The van der Waals surface area contributed by atoms with Gasteiger partial charge in [-0.15, -0.1) is 0 Å². The summed E-state index contributed by atoms with van der Waals surface area (Å²) < 4.78 is 5.18. The maximum Gasteiger partial charge on any atom is 0.305 e. The van der Waals surface area contributed by atoms with Gasteiger partial charge in [0.25, 0.3) is 0 Å². The number of hydrogen-bond acceptors (Lipinski definition) is 4. The molecule has 5 aliphatic rings. The number of Topliss-reactive ketones (excluding diaryl/α,β-unsaturated/α-hetero) is 2. The van der Waals surface area contributed by atoms with E-state index in [4.69, 9.17) is 4.74 Å². The van der Waals surface area contributed by atoms with Crippen molar-refractivity contribution in [1.29, 1.82) is 0 Å². The van der Waals surface area contributed by atoms with Gasteiger partial charge in [0.2, 0.25) is 0 Å². The highest BCUT2D eigenvalue weighted by Crippen LogP contribution is 2.48. The highest BCUT2D eigenvalue weighted by atomic mass is 16.5. The molecule has 1 fully saturated rings. The van der Waals surface area contributed by atoms with E-state index in [1.165, 1.54) is 33.4 Å². The molecule has 0 N–H and O–H groups in total. The topological polar surface area (TPSA) is 60.4 Å². The SMILES string of the molecule is O=C(CCCCCC1=C2C=CC3=C4C(=CC=C(C=C1)C24)CC=C3)OCC1C(=O)CCC1=O. The third-order valence-corrected chi connectivity index (χ3v) is 7.13. The second kappa shape index (κ2) is 8.85. The van der Waals surface area contributed by atoms with Crippen LogP contribution in [0.15, 0.2) is 82.0 Å². The molecule has 4 nitrogen and oxygen atoms in total. The highest BCUT2D eigenvalue weighted by Gasteiger charge is 2.34. The first kappa shape index (κ1) is 20.9. The second-order valence-electron chi connectivity index (χ2n) is 9.14. The molecule has 32 heavy (non-hydrogen) atoms. The van der Waals surface area contributed by atoms with Gasteiger partial charge in [0.05, 0.1) is 0 Å². The van der Waals surface area contributed by atoms with Gasteiger partial charge in [-0.2, -0.15) is 0 Å². The van der Waals surface area contributed by atoms with Gasteiger partial charge in [-0.05, 0) is 59.1 Å². The van der Waals surface area contributed by atoms with E-state index in [9.17, 15) is 14.4 Å². The fraction of sp³-hybridized carbons (Fsp3) is 0.393. The van der Waals surface area contributed by atoms with Gasteiger partial charge in [-0.1, -0.05) is 55.0 Å². The summed E-state index contributed by atoms with van der Waals surface area (Å²) in [5, 5.41) is 0. The van der Waals surface area contributed by atoms with Crippen LogP contribution in [0.4, 0.5) is 0 Å². The molecular weight excluding hydrogens is 400 g/mol. The maximum absolute atomic E-state index is 12.0. The Bertz CT molecular complexity index is 1070. The van der Waals surface area contributed by atoms with Gasteiger partial charge in [0.1, 0.15) is 24.1 Å². The Balaban J connectivity index is 1.11. The maximum atomic E-state index is 12.0. The molecule has 1 saturated carbocycles. The van der Waals surface area contributed by atoms with Crippen molar-refractivity contribution >= 4 is 17.5 Å². The lowest BCUT2D eigenvalue weighted by Gasteiger charge is -2.36. The second-order valence-corrected chi connectivity index (χ2v) is 9.14. The van der Waals surface area contributed by atoms with Crippen LogP contribution in [0, 0.1) is 11.8 Å². The molecule has 1 atom stereocenters. The number of hydrogen-bond donors (Lipinski definition) is 0. The van der Waals surface area contributed by atoms with Crippen LogP contribution >= 0.6 is 0 Å². The number of carbonyl (C=O) groups is 3. The van der Waals surface area contributed by atoms with Crippen molar-refractivity contribution < 1.29 is 19.1 Å². The van der Waals surface area contributed by atoms with Crippen molar-refractivity contribution in [3.63, 3.8) is 0 Å². The molecule has 0 spiro atoms. The first-order valence-corrected chi connectivity index (χ1v) is 11.7. The first-order chi connectivity index (χ1) is 15.6. The van der Waals surface area contributed by atoms with Crippen molar-refractivity contribution in [3.8, 4) is 0 Å². The molecular formula is C28H28O4. The molecule has 0 amide bonds. The van der Waals surface area contributed by atoms with E-state index in [1.807, 2.05) is 0 Å². The van der Waals surface area contributed by atoms with Crippen molar-refractivity contribution in [1.82, 2.24) is 0 Å². The minimum absolute atomic E-state index is 0.0788. The van der Waals surface area contributed by atoms with Crippen LogP contribution < -0.4 is 0 Å². The molecule has 164 valence electrons. The van der Waals surface area contributed by atoms with Crippen molar-refractivity contribution in [2.75, 3.05) is 6.61 Å². The van der Waals surface area contributed by atoms with E-state index in [0.29, 0.717) is 12.3 Å². The summed E-state index contributed by atoms with van der Waals surface area (Å²) in [6.07, 6.45) is 23.7. The Morgan fingerprint density at radius 1 is 0.938 bits per heavy atom. The zero-order valence-corrected chi connectivity index (χ0v) is 18.3. The highest BCUT2D eigenvalue weighted by molar-refractivity contribution is 6.08. The molecule has 0 bridgehead atoms. The lowest BCUT2D eigenvalue weighted by Crippen LogP contribution is -2.22. The molecule has 0 aromatic carbocycles. The quantitative estimate of drug-likeness (QED) is 0.303.